The second kappa shape index (κ2) is 8.20. The van der Waals surface area contributed by atoms with E-state index in [9.17, 15) is 4.79 Å². The molecule has 2 heterocycles. The van der Waals surface area contributed by atoms with Gasteiger partial charge in [0.2, 0.25) is 17.7 Å². The van der Waals surface area contributed by atoms with Gasteiger partial charge in [0.15, 0.2) is 0 Å². The number of aromatic nitrogens is 3. The SMILES string of the molecule is O=C(Cn1cc(-c2nnc(-c3ccccc3)o2)c2ccccc21)Nc1ccc(Br)cc1. The maximum Gasteiger partial charge on any atom is 0.250 e. The molecule has 0 unspecified atom stereocenters. The monoisotopic (exact) mass is 472 g/mol. The minimum atomic E-state index is -0.120. The van der Waals surface area contributed by atoms with E-state index in [0.29, 0.717) is 11.8 Å². The summed E-state index contributed by atoms with van der Waals surface area (Å²) in [5.74, 6) is 0.757. The van der Waals surface area contributed by atoms with Crippen LogP contribution in [0.15, 0.2) is 93.9 Å². The largest absolute Gasteiger partial charge is 0.416 e. The van der Waals surface area contributed by atoms with Gasteiger partial charge in [-0.15, -0.1) is 10.2 Å². The maximum atomic E-state index is 12.7. The van der Waals surface area contributed by atoms with Crippen LogP contribution in [0.4, 0.5) is 5.69 Å². The van der Waals surface area contributed by atoms with Crippen molar-refractivity contribution in [2.45, 2.75) is 6.54 Å². The number of amides is 1. The van der Waals surface area contributed by atoms with Crippen LogP contribution in [0.5, 0.6) is 0 Å². The van der Waals surface area contributed by atoms with Gasteiger partial charge < -0.3 is 14.3 Å². The number of nitrogens with zero attached hydrogens (tertiary/aromatic N) is 3. The van der Waals surface area contributed by atoms with E-state index in [4.69, 9.17) is 4.42 Å². The van der Waals surface area contributed by atoms with Gasteiger partial charge in [0.25, 0.3) is 0 Å². The fraction of sp³-hybridized carbons (Fsp3) is 0.0417. The smallest absolute Gasteiger partial charge is 0.250 e. The number of anilines is 1. The van der Waals surface area contributed by atoms with Crippen LogP contribution in [0, 0.1) is 0 Å². The molecule has 31 heavy (non-hydrogen) atoms. The lowest BCUT2D eigenvalue weighted by atomic mass is 10.2. The number of halogens is 1. The molecule has 2 aromatic heterocycles. The summed E-state index contributed by atoms with van der Waals surface area (Å²) in [6, 6.07) is 25.0. The van der Waals surface area contributed by atoms with E-state index in [0.717, 1.165) is 32.2 Å². The van der Waals surface area contributed by atoms with Crippen LogP contribution in [0.2, 0.25) is 0 Å². The lowest BCUT2D eigenvalue weighted by molar-refractivity contribution is -0.116. The fourth-order valence-electron chi connectivity index (χ4n) is 3.47. The Kier molecular flexibility index (Phi) is 5.09. The van der Waals surface area contributed by atoms with Crippen LogP contribution >= 0.6 is 15.9 Å². The Balaban J connectivity index is 1.45. The molecule has 5 aromatic rings. The van der Waals surface area contributed by atoms with Crippen LogP contribution in [-0.4, -0.2) is 20.7 Å². The zero-order valence-corrected chi connectivity index (χ0v) is 17.9. The number of nitrogens with one attached hydrogen (secondary N) is 1. The number of hydrogen-bond acceptors (Lipinski definition) is 4. The number of rotatable bonds is 5. The Morgan fingerprint density at radius 2 is 1.61 bits per heavy atom. The Hall–Kier alpha value is -3.71. The third-order valence-electron chi connectivity index (χ3n) is 4.91. The van der Waals surface area contributed by atoms with Crippen molar-refractivity contribution in [3.05, 3.63) is 89.5 Å². The van der Waals surface area contributed by atoms with Crippen molar-refractivity contribution in [1.29, 1.82) is 0 Å². The second-order valence-corrected chi connectivity index (χ2v) is 7.94. The van der Waals surface area contributed by atoms with Gasteiger partial charge in [0.1, 0.15) is 6.54 Å². The first kappa shape index (κ1) is 19.3. The highest BCUT2D eigenvalue weighted by Gasteiger charge is 2.17. The lowest BCUT2D eigenvalue weighted by Crippen LogP contribution is -2.18. The van der Waals surface area contributed by atoms with E-state index in [2.05, 4.69) is 31.4 Å². The zero-order chi connectivity index (χ0) is 21.2. The van der Waals surface area contributed by atoms with Gasteiger partial charge in [-0.05, 0) is 42.5 Å². The van der Waals surface area contributed by atoms with Gasteiger partial charge in [-0.25, -0.2) is 0 Å². The normalized spacial score (nSPS) is 11.0. The Bertz CT molecular complexity index is 1360. The minimum Gasteiger partial charge on any atom is -0.416 e. The highest BCUT2D eigenvalue weighted by molar-refractivity contribution is 9.10. The molecule has 0 spiro atoms. The summed E-state index contributed by atoms with van der Waals surface area (Å²) in [4.78, 5) is 12.7. The van der Waals surface area contributed by atoms with Crippen LogP contribution in [0.3, 0.4) is 0 Å². The van der Waals surface area contributed by atoms with Crippen molar-refractivity contribution in [3.63, 3.8) is 0 Å². The lowest BCUT2D eigenvalue weighted by Gasteiger charge is -2.07. The molecule has 0 fully saturated rings. The summed E-state index contributed by atoms with van der Waals surface area (Å²) >= 11 is 3.40. The summed E-state index contributed by atoms with van der Waals surface area (Å²) in [6.07, 6.45) is 1.88. The van der Waals surface area contributed by atoms with Crippen molar-refractivity contribution >= 4 is 38.4 Å². The predicted octanol–water partition coefficient (Wildman–Crippen LogP) is 5.76. The van der Waals surface area contributed by atoms with E-state index < -0.39 is 0 Å². The predicted molar refractivity (Wildman–Crippen MR) is 123 cm³/mol. The summed E-state index contributed by atoms with van der Waals surface area (Å²) < 4.78 is 8.80. The number of fused-ring (bicyclic) bond motifs is 1. The Morgan fingerprint density at radius 1 is 0.903 bits per heavy atom. The molecule has 0 aliphatic heterocycles. The molecule has 0 radical (unpaired) electrons. The molecular weight excluding hydrogens is 456 g/mol. The topological polar surface area (TPSA) is 73.0 Å². The van der Waals surface area contributed by atoms with Crippen LogP contribution < -0.4 is 5.32 Å². The molecule has 0 atom stereocenters. The maximum absolute atomic E-state index is 12.7. The molecule has 3 aromatic carbocycles. The molecule has 5 rings (SSSR count). The van der Waals surface area contributed by atoms with Crippen molar-refractivity contribution in [2.24, 2.45) is 0 Å². The zero-order valence-electron chi connectivity index (χ0n) is 16.3. The van der Waals surface area contributed by atoms with Gasteiger partial charge in [0.05, 0.1) is 5.56 Å². The molecule has 6 nitrogen and oxygen atoms in total. The first-order chi connectivity index (χ1) is 15.2. The van der Waals surface area contributed by atoms with E-state index >= 15 is 0 Å². The van der Waals surface area contributed by atoms with Crippen molar-refractivity contribution in [2.75, 3.05) is 5.32 Å². The number of carbonyl (C=O) groups is 1. The molecular formula is C24H17BrN4O2. The number of carbonyl (C=O) groups excluding carboxylic acids is 1. The van der Waals surface area contributed by atoms with E-state index in [1.165, 1.54) is 0 Å². The molecule has 0 saturated heterocycles. The summed E-state index contributed by atoms with van der Waals surface area (Å²) in [5.41, 5.74) is 3.32. The molecule has 1 amide bonds. The quantitative estimate of drug-likeness (QED) is 0.352. The summed E-state index contributed by atoms with van der Waals surface area (Å²) in [5, 5.41) is 12.3. The second-order valence-electron chi connectivity index (χ2n) is 7.02. The van der Waals surface area contributed by atoms with Crippen molar-refractivity contribution in [3.8, 4) is 22.9 Å². The van der Waals surface area contributed by atoms with Crippen LogP contribution in [-0.2, 0) is 11.3 Å². The highest BCUT2D eigenvalue weighted by atomic mass is 79.9. The molecule has 0 aliphatic rings. The standard InChI is InChI=1S/C24H17BrN4O2/c25-17-10-12-18(13-11-17)26-22(30)15-29-14-20(19-8-4-5-9-21(19)29)24-28-27-23(31-24)16-6-2-1-3-7-16/h1-14H,15H2,(H,26,30). The van der Waals surface area contributed by atoms with Crippen molar-refractivity contribution in [1.82, 2.24) is 14.8 Å². The molecule has 0 saturated carbocycles. The Labute approximate surface area is 186 Å². The summed E-state index contributed by atoms with van der Waals surface area (Å²) in [7, 11) is 0. The average Bonchev–Trinajstić information content (AvgIpc) is 3.42. The molecule has 7 heteroatoms. The third kappa shape index (κ3) is 4.00. The van der Waals surface area contributed by atoms with Gasteiger partial charge >= 0.3 is 0 Å². The molecule has 0 bridgehead atoms. The van der Waals surface area contributed by atoms with E-state index in [1.54, 1.807) is 0 Å². The number of para-hydroxylation sites is 1. The van der Waals surface area contributed by atoms with Gasteiger partial charge in [-0.2, -0.15) is 0 Å². The molecule has 152 valence electrons. The molecule has 1 N–H and O–H groups in total. The van der Waals surface area contributed by atoms with Crippen LogP contribution in [0.1, 0.15) is 0 Å². The number of hydrogen-bond donors (Lipinski definition) is 1. The highest BCUT2D eigenvalue weighted by Crippen LogP contribution is 2.31. The summed E-state index contributed by atoms with van der Waals surface area (Å²) in [6.45, 7) is 0.163. The van der Waals surface area contributed by atoms with E-state index in [-0.39, 0.29) is 12.5 Å². The van der Waals surface area contributed by atoms with Gasteiger partial charge in [-0.1, -0.05) is 52.3 Å². The van der Waals surface area contributed by atoms with Crippen LogP contribution in [0.25, 0.3) is 33.8 Å². The first-order valence-corrected chi connectivity index (χ1v) is 10.5. The first-order valence-electron chi connectivity index (χ1n) is 9.70. The van der Waals surface area contributed by atoms with Gasteiger partial charge in [0, 0.05) is 32.8 Å². The number of benzene rings is 3. The average molecular weight is 473 g/mol. The fourth-order valence-corrected chi connectivity index (χ4v) is 3.73. The minimum absolute atomic E-state index is 0.120. The van der Waals surface area contributed by atoms with Gasteiger partial charge in [-0.3, -0.25) is 4.79 Å². The Morgan fingerprint density at radius 3 is 2.42 bits per heavy atom. The van der Waals surface area contributed by atoms with Crippen molar-refractivity contribution < 1.29 is 9.21 Å². The van der Waals surface area contributed by atoms with E-state index in [1.807, 2.05) is 89.6 Å². The third-order valence-corrected chi connectivity index (χ3v) is 5.44. The molecule has 0 aliphatic carbocycles.